The van der Waals surface area contributed by atoms with Gasteiger partial charge in [0.2, 0.25) is 0 Å². The summed E-state index contributed by atoms with van der Waals surface area (Å²) in [5.74, 6) is -3.06. The molecule has 1 aromatic carbocycles. The summed E-state index contributed by atoms with van der Waals surface area (Å²) >= 11 is 5.90. The fourth-order valence-electron chi connectivity index (χ4n) is 2.37. The van der Waals surface area contributed by atoms with Crippen molar-refractivity contribution in [3.8, 4) is 0 Å². The van der Waals surface area contributed by atoms with E-state index in [4.69, 9.17) is 11.6 Å². The molecule has 1 heterocycles. The lowest BCUT2D eigenvalue weighted by Crippen LogP contribution is -2.69. The SMILES string of the molecule is CCOC(=O)[C@](NC(=O)c1ccccc1Cl)(Nc1cccc(C)[nH+]1)C(F)(F)F. The zero-order valence-electron chi connectivity index (χ0n) is 15.0. The summed E-state index contributed by atoms with van der Waals surface area (Å²) in [6, 6.07) is 9.92. The van der Waals surface area contributed by atoms with Gasteiger partial charge in [-0.15, -0.1) is 0 Å². The van der Waals surface area contributed by atoms with Gasteiger partial charge in [-0.2, -0.15) is 13.2 Å². The van der Waals surface area contributed by atoms with Gasteiger partial charge in [-0.3, -0.25) is 10.1 Å². The zero-order valence-corrected chi connectivity index (χ0v) is 15.7. The van der Waals surface area contributed by atoms with Gasteiger partial charge in [0.15, 0.2) is 0 Å². The number of amides is 1. The monoisotopic (exact) mass is 416 g/mol. The molecule has 0 unspecified atom stereocenters. The van der Waals surface area contributed by atoms with Crippen molar-refractivity contribution in [2.24, 2.45) is 0 Å². The Labute approximate surface area is 164 Å². The quantitative estimate of drug-likeness (QED) is 0.560. The second kappa shape index (κ2) is 8.47. The number of nitrogens with one attached hydrogen (secondary N) is 3. The van der Waals surface area contributed by atoms with E-state index >= 15 is 0 Å². The summed E-state index contributed by atoms with van der Waals surface area (Å²) in [5, 5.41) is 3.71. The Balaban J connectivity index is 2.54. The van der Waals surface area contributed by atoms with Crippen LogP contribution in [0, 0.1) is 6.92 Å². The number of pyridine rings is 1. The number of halogens is 4. The average Bonchev–Trinajstić information content (AvgIpc) is 2.60. The van der Waals surface area contributed by atoms with E-state index in [-0.39, 0.29) is 23.0 Å². The number of H-pyrrole nitrogens is 1. The van der Waals surface area contributed by atoms with Crippen LogP contribution in [-0.4, -0.2) is 30.3 Å². The van der Waals surface area contributed by atoms with Crippen molar-refractivity contribution in [3.05, 3.63) is 58.7 Å². The molecule has 1 amide bonds. The summed E-state index contributed by atoms with van der Waals surface area (Å²) in [4.78, 5) is 27.6. The maximum atomic E-state index is 14.1. The molecule has 6 nitrogen and oxygen atoms in total. The smallest absolute Gasteiger partial charge is 0.461 e. The van der Waals surface area contributed by atoms with Crippen molar-refractivity contribution in [1.29, 1.82) is 0 Å². The number of alkyl halides is 3. The molecule has 0 spiro atoms. The number of aromatic nitrogens is 1. The Kier molecular flexibility index (Phi) is 6.50. The van der Waals surface area contributed by atoms with Crippen LogP contribution >= 0.6 is 11.6 Å². The second-order valence-corrected chi connectivity index (χ2v) is 6.18. The van der Waals surface area contributed by atoms with Crippen LogP contribution in [-0.2, 0) is 9.53 Å². The normalized spacial score (nSPS) is 13.4. The van der Waals surface area contributed by atoms with E-state index in [2.05, 4.69) is 9.72 Å². The maximum absolute atomic E-state index is 14.1. The number of carbonyl (C=O) groups is 2. The number of benzene rings is 1. The number of aryl methyl sites for hydroxylation is 1. The topological polar surface area (TPSA) is 81.6 Å². The second-order valence-electron chi connectivity index (χ2n) is 5.77. The molecule has 2 rings (SSSR count). The van der Waals surface area contributed by atoms with E-state index in [9.17, 15) is 22.8 Å². The first kappa shape index (κ1) is 21.5. The predicted octanol–water partition coefficient (Wildman–Crippen LogP) is 3.13. The lowest BCUT2D eigenvalue weighted by molar-refractivity contribution is -0.372. The molecule has 150 valence electrons. The van der Waals surface area contributed by atoms with Gasteiger partial charge in [-0.1, -0.05) is 29.8 Å². The van der Waals surface area contributed by atoms with E-state index in [0.717, 1.165) is 0 Å². The van der Waals surface area contributed by atoms with Crippen LogP contribution < -0.4 is 15.6 Å². The van der Waals surface area contributed by atoms with Crippen LogP contribution in [0.1, 0.15) is 23.0 Å². The number of rotatable bonds is 6. The van der Waals surface area contributed by atoms with Crippen molar-refractivity contribution in [1.82, 2.24) is 5.32 Å². The number of carbonyl (C=O) groups excluding carboxylic acids is 2. The van der Waals surface area contributed by atoms with Crippen molar-refractivity contribution >= 4 is 29.3 Å². The molecule has 28 heavy (non-hydrogen) atoms. The van der Waals surface area contributed by atoms with E-state index in [1.807, 2.05) is 5.32 Å². The number of hydrogen-bond acceptors (Lipinski definition) is 4. The highest BCUT2D eigenvalue weighted by atomic mass is 35.5. The first-order valence-electron chi connectivity index (χ1n) is 8.19. The molecule has 0 bridgehead atoms. The van der Waals surface area contributed by atoms with Gasteiger partial charge in [-0.05, 0) is 32.0 Å². The molecule has 0 aliphatic rings. The first-order chi connectivity index (χ1) is 13.1. The molecule has 1 aromatic heterocycles. The summed E-state index contributed by atoms with van der Waals surface area (Å²) in [5.41, 5.74) is -3.23. The first-order valence-corrected chi connectivity index (χ1v) is 8.56. The maximum Gasteiger partial charge on any atom is 0.464 e. The van der Waals surface area contributed by atoms with Crippen LogP contribution in [0.15, 0.2) is 42.5 Å². The Morgan fingerprint density at radius 1 is 1.14 bits per heavy atom. The summed E-state index contributed by atoms with van der Waals surface area (Å²) < 4.78 is 46.9. The Morgan fingerprint density at radius 3 is 2.39 bits per heavy atom. The lowest BCUT2D eigenvalue weighted by Gasteiger charge is -2.30. The van der Waals surface area contributed by atoms with Gasteiger partial charge >= 0.3 is 17.8 Å². The Hall–Kier alpha value is -2.81. The molecule has 0 aliphatic heterocycles. The number of ether oxygens (including phenoxy) is 1. The van der Waals surface area contributed by atoms with Crippen molar-refractivity contribution < 1.29 is 32.5 Å². The number of aromatic amines is 1. The molecule has 0 saturated carbocycles. The van der Waals surface area contributed by atoms with Crippen LogP contribution in [0.5, 0.6) is 0 Å². The van der Waals surface area contributed by atoms with Gasteiger partial charge in [-0.25, -0.2) is 15.1 Å². The molecule has 3 N–H and O–H groups in total. The minimum absolute atomic E-state index is 0.0675. The van der Waals surface area contributed by atoms with Crippen LogP contribution in [0.25, 0.3) is 0 Å². The van der Waals surface area contributed by atoms with Crippen molar-refractivity contribution in [2.75, 3.05) is 11.9 Å². The van der Waals surface area contributed by atoms with E-state index in [1.54, 1.807) is 18.3 Å². The molecule has 10 heteroatoms. The molecule has 1 atom stereocenters. The fraction of sp³-hybridized carbons (Fsp3) is 0.278. The highest BCUT2D eigenvalue weighted by molar-refractivity contribution is 6.33. The third-order valence-electron chi connectivity index (χ3n) is 3.69. The van der Waals surface area contributed by atoms with Gasteiger partial charge in [0.05, 0.1) is 22.9 Å². The minimum atomic E-state index is -5.24. The fourth-order valence-corrected chi connectivity index (χ4v) is 2.59. The Bertz CT molecular complexity index is 876. The third kappa shape index (κ3) is 4.53. The van der Waals surface area contributed by atoms with E-state index in [0.29, 0.717) is 5.69 Å². The molecule has 0 radical (unpaired) electrons. The zero-order chi connectivity index (χ0) is 20.9. The molecular formula is C18H18ClF3N3O3+. The minimum Gasteiger partial charge on any atom is -0.461 e. The van der Waals surface area contributed by atoms with Crippen molar-refractivity contribution in [2.45, 2.75) is 25.7 Å². The van der Waals surface area contributed by atoms with Gasteiger partial charge in [0.1, 0.15) is 0 Å². The number of esters is 1. The molecule has 0 aliphatic carbocycles. The van der Waals surface area contributed by atoms with Gasteiger partial charge < -0.3 is 4.74 Å². The van der Waals surface area contributed by atoms with Crippen molar-refractivity contribution in [3.63, 3.8) is 0 Å². The standard InChI is InChI=1S/C18H17ClF3N3O3/c1-3-28-16(27)17(18(20,21)22,24-14-10-6-7-11(2)23-14)25-15(26)12-8-4-5-9-13(12)19/h4-10H,3H2,1-2H3,(H,23,24)(H,25,26)/p+1/t17-/m1/s1. The summed E-state index contributed by atoms with van der Waals surface area (Å²) in [6.07, 6.45) is -5.24. The van der Waals surface area contributed by atoms with Gasteiger partial charge in [0, 0.05) is 6.07 Å². The van der Waals surface area contributed by atoms with E-state index < -0.39 is 23.7 Å². The highest BCUT2D eigenvalue weighted by Crippen LogP contribution is 2.33. The molecule has 2 aromatic rings. The van der Waals surface area contributed by atoms with Crippen LogP contribution in [0.2, 0.25) is 5.02 Å². The molecule has 0 saturated heterocycles. The predicted molar refractivity (Wildman–Crippen MR) is 95.7 cm³/mol. The molecule has 0 fully saturated rings. The van der Waals surface area contributed by atoms with Crippen LogP contribution in [0.3, 0.4) is 0 Å². The van der Waals surface area contributed by atoms with Gasteiger partial charge in [0.25, 0.3) is 11.7 Å². The van der Waals surface area contributed by atoms with Crippen LogP contribution in [0.4, 0.5) is 19.0 Å². The third-order valence-corrected chi connectivity index (χ3v) is 4.02. The lowest BCUT2D eigenvalue weighted by atomic mass is 10.1. The largest absolute Gasteiger partial charge is 0.464 e. The number of anilines is 1. The summed E-state index contributed by atoms with van der Waals surface area (Å²) in [6.45, 7) is 2.65. The summed E-state index contributed by atoms with van der Waals surface area (Å²) in [7, 11) is 0. The average molecular weight is 417 g/mol. The Morgan fingerprint density at radius 2 is 1.82 bits per heavy atom. The number of hydrogen-bond donors (Lipinski definition) is 2. The van der Waals surface area contributed by atoms with E-state index in [1.165, 1.54) is 43.3 Å². The highest BCUT2D eigenvalue weighted by Gasteiger charge is 2.68. The molecular weight excluding hydrogens is 399 g/mol.